The van der Waals surface area contributed by atoms with Crippen molar-refractivity contribution in [3.63, 3.8) is 0 Å². The second-order valence-electron chi connectivity index (χ2n) is 9.10. The van der Waals surface area contributed by atoms with Gasteiger partial charge in [-0.3, -0.25) is 4.99 Å². The van der Waals surface area contributed by atoms with Crippen molar-refractivity contribution >= 4 is 36.0 Å². The highest BCUT2D eigenvalue weighted by atomic mass is 127. The third-order valence-corrected chi connectivity index (χ3v) is 5.70. The molecule has 2 atom stereocenters. The van der Waals surface area contributed by atoms with Crippen molar-refractivity contribution in [1.82, 2.24) is 20.0 Å². The molecule has 0 aromatic rings. The Morgan fingerprint density at radius 1 is 1.25 bits per heavy atom. The number of piperazine rings is 1. The molecule has 3 aliphatic rings. The number of carbonyl (C=O) groups is 1. The average molecular weight is 507 g/mol. The van der Waals surface area contributed by atoms with Crippen LogP contribution in [0.2, 0.25) is 0 Å². The van der Waals surface area contributed by atoms with Crippen LogP contribution in [0.1, 0.15) is 53.4 Å². The Bertz CT molecular complexity index is 551. The third kappa shape index (κ3) is 6.37. The van der Waals surface area contributed by atoms with E-state index in [-0.39, 0.29) is 36.1 Å². The largest absolute Gasteiger partial charge is 0.444 e. The van der Waals surface area contributed by atoms with Crippen LogP contribution in [0.25, 0.3) is 0 Å². The maximum atomic E-state index is 12.3. The van der Waals surface area contributed by atoms with E-state index in [4.69, 9.17) is 4.74 Å². The zero-order valence-corrected chi connectivity index (χ0v) is 20.3. The van der Waals surface area contributed by atoms with E-state index in [2.05, 4.69) is 27.0 Å². The van der Waals surface area contributed by atoms with Gasteiger partial charge in [0.15, 0.2) is 5.96 Å². The lowest BCUT2D eigenvalue weighted by Gasteiger charge is -2.39. The molecular formula is C20H38IN5O2. The molecule has 0 aromatic carbocycles. The Morgan fingerprint density at radius 3 is 2.75 bits per heavy atom. The number of guanidine groups is 1. The Balaban J connectivity index is 0.00000280. The molecule has 0 aromatic heterocycles. The molecule has 1 amide bonds. The quantitative estimate of drug-likeness (QED) is 0.469. The van der Waals surface area contributed by atoms with Crippen molar-refractivity contribution in [3.05, 3.63) is 0 Å². The van der Waals surface area contributed by atoms with E-state index in [1.54, 1.807) is 0 Å². The van der Waals surface area contributed by atoms with Gasteiger partial charge in [-0.2, -0.15) is 0 Å². The Labute approximate surface area is 187 Å². The summed E-state index contributed by atoms with van der Waals surface area (Å²) < 4.78 is 5.51. The van der Waals surface area contributed by atoms with Crippen LogP contribution in [-0.4, -0.2) is 90.3 Å². The molecule has 3 heterocycles. The Hall–Kier alpha value is -0.770. The zero-order valence-electron chi connectivity index (χ0n) is 17.9. The van der Waals surface area contributed by atoms with Crippen LogP contribution in [0.3, 0.4) is 0 Å². The topological polar surface area (TPSA) is 60.4 Å². The summed E-state index contributed by atoms with van der Waals surface area (Å²) in [5.74, 6) is 1.01. The lowest BCUT2D eigenvalue weighted by molar-refractivity contribution is 0.0137. The monoisotopic (exact) mass is 507 g/mol. The molecule has 0 bridgehead atoms. The number of hydrogen-bond acceptors (Lipinski definition) is 6. The van der Waals surface area contributed by atoms with Gasteiger partial charge >= 0.3 is 6.09 Å². The van der Waals surface area contributed by atoms with Gasteiger partial charge in [-0.25, -0.2) is 4.79 Å². The number of nitrogens with zero attached hydrogens (tertiary/aromatic N) is 4. The molecule has 0 radical (unpaired) electrons. The molecular weight excluding hydrogens is 469 g/mol. The maximum absolute atomic E-state index is 12.3. The first kappa shape index (κ1) is 23.5. The third-order valence-electron chi connectivity index (χ3n) is 5.70. The first-order chi connectivity index (χ1) is 12.8. The number of piperidine rings is 1. The van der Waals surface area contributed by atoms with Crippen molar-refractivity contribution in [2.75, 3.05) is 45.8 Å². The van der Waals surface area contributed by atoms with Gasteiger partial charge in [-0.05, 0) is 53.5 Å². The van der Waals surface area contributed by atoms with Crippen molar-refractivity contribution in [2.45, 2.75) is 71.1 Å². The highest BCUT2D eigenvalue weighted by Crippen LogP contribution is 2.19. The normalized spacial score (nSPS) is 25.6. The van der Waals surface area contributed by atoms with E-state index in [9.17, 15) is 4.79 Å². The SMILES string of the molecule is CC1CCCCN1CCCNC1=NCC2CN(C(=O)OC(C)(C)C)CCN12.I. The van der Waals surface area contributed by atoms with Crippen LogP contribution < -0.4 is 5.32 Å². The summed E-state index contributed by atoms with van der Waals surface area (Å²) in [6.45, 7) is 14.4. The summed E-state index contributed by atoms with van der Waals surface area (Å²) in [5, 5.41) is 3.53. The number of ether oxygens (including phenoxy) is 1. The zero-order chi connectivity index (χ0) is 19.4. The van der Waals surface area contributed by atoms with E-state index in [1.165, 1.54) is 25.8 Å². The molecule has 1 N–H and O–H groups in total. The van der Waals surface area contributed by atoms with Crippen LogP contribution in [0.5, 0.6) is 0 Å². The van der Waals surface area contributed by atoms with Gasteiger partial charge in [0.1, 0.15) is 5.60 Å². The number of fused-ring (bicyclic) bond motifs is 1. The Morgan fingerprint density at radius 2 is 2.04 bits per heavy atom. The first-order valence-corrected chi connectivity index (χ1v) is 10.6. The number of hydrogen-bond donors (Lipinski definition) is 1. The van der Waals surface area contributed by atoms with Crippen molar-refractivity contribution in [1.29, 1.82) is 0 Å². The van der Waals surface area contributed by atoms with Crippen LogP contribution in [-0.2, 0) is 4.74 Å². The summed E-state index contributed by atoms with van der Waals surface area (Å²) in [4.78, 5) is 23.7. The van der Waals surface area contributed by atoms with E-state index in [0.29, 0.717) is 13.1 Å². The van der Waals surface area contributed by atoms with Crippen molar-refractivity contribution < 1.29 is 9.53 Å². The molecule has 8 heteroatoms. The molecule has 3 aliphatic heterocycles. The van der Waals surface area contributed by atoms with Gasteiger partial charge < -0.3 is 24.8 Å². The molecule has 0 spiro atoms. The number of rotatable bonds is 4. The molecule has 2 fully saturated rings. The molecule has 7 nitrogen and oxygen atoms in total. The minimum Gasteiger partial charge on any atom is -0.444 e. The predicted octanol–water partition coefficient (Wildman–Crippen LogP) is 2.75. The molecule has 28 heavy (non-hydrogen) atoms. The maximum Gasteiger partial charge on any atom is 0.410 e. The minimum absolute atomic E-state index is 0. The smallest absolute Gasteiger partial charge is 0.410 e. The van der Waals surface area contributed by atoms with Crippen LogP contribution in [0.4, 0.5) is 4.79 Å². The van der Waals surface area contributed by atoms with Gasteiger partial charge in [0.05, 0.1) is 12.6 Å². The van der Waals surface area contributed by atoms with Gasteiger partial charge in [0, 0.05) is 38.8 Å². The minimum atomic E-state index is -0.445. The molecule has 2 unspecified atom stereocenters. The summed E-state index contributed by atoms with van der Waals surface area (Å²) in [6, 6.07) is 1.00. The fourth-order valence-corrected chi connectivity index (χ4v) is 4.19. The number of amides is 1. The summed E-state index contributed by atoms with van der Waals surface area (Å²) in [5.41, 5.74) is -0.445. The fourth-order valence-electron chi connectivity index (χ4n) is 4.19. The first-order valence-electron chi connectivity index (χ1n) is 10.6. The van der Waals surface area contributed by atoms with Crippen molar-refractivity contribution in [2.24, 2.45) is 4.99 Å². The summed E-state index contributed by atoms with van der Waals surface area (Å²) in [6.07, 6.45) is 4.99. The number of aliphatic imine (C=N–C) groups is 1. The number of nitrogens with one attached hydrogen (secondary N) is 1. The van der Waals surface area contributed by atoms with Crippen LogP contribution >= 0.6 is 24.0 Å². The summed E-state index contributed by atoms with van der Waals surface area (Å²) in [7, 11) is 0. The molecule has 2 saturated heterocycles. The van der Waals surface area contributed by atoms with E-state index < -0.39 is 5.60 Å². The fraction of sp³-hybridized carbons (Fsp3) is 0.900. The number of carbonyl (C=O) groups excluding carboxylic acids is 1. The number of halogens is 1. The molecule has 0 saturated carbocycles. The number of likely N-dealkylation sites (tertiary alicyclic amines) is 1. The second kappa shape index (κ2) is 10.3. The van der Waals surface area contributed by atoms with Crippen LogP contribution in [0, 0.1) is 0 Å². The van der Waals surface area contributed by atoms with Crippen LogP contribution in [0.15, 0.2) is 4.99 Å². The van der Waals surface area contributed by atoms with Gasteiger partial charge in [0.2, 0.25) is 0 Å². The molecule has 3 rings (SSSR count). The van der Waals surface area contributed by atoms with E-state index >= 15 is 0 Å². The average Bonchev–Trinajstić information content (AvgIpc) is 3.01. The highest BCUT2D eigenvalue weighted by molar-refractivity contribution is 14.0. The highest BCUT2D eigenvalue weighted by Gasteiger charge is 2.36. The van der Waals surface area contributed by atoms with Gasteiger partial charge in [0.25, 0.3) is 0 Å². The van der Waals surface area contributed by atoms with Gasteiger partial charge in [-0.15, -0.1) is 24.0 Å². The lowest BCUT2D eigenvalue weighted by atomic mass is 10.0. The molecule has 162 valence electrons. The summed E-state index contributed by atoms with van der Waals surface area (Å²) >= 11 is 0. The lowest BCUT2D eigenvalue weighted by Crippen LogP contribution is -2.57. The standard InChI is InChI=1S/C20H37N5O2.HI/c1-16-8-5-6-10-23(16)11-7-9-21-18-22-14-17-15-24(12-13-25(17)18)19(26)27-20(2,3)4;/h16-17H,5-15H2,1-4H3,(H,21,22);1H. The van der Waals surface area contributed by atoms with E-state index in [0.717, 1.165) is 44.6 Å². The second-order valence-corrected chi connectivity index (χ2v) is 9.10. The predicted molar refractivity (Wildman–Crippen MR) is 124 cm³/mol. The molecule has 0 aliphatic carbocycles. The van der Waals surface area contributed by atoms with E-state index in [1.807, 2.05) is 25.7 Å². The van der Waals surface area contributed by atoms with Crippen molar-refractivity contribution in [3.8, 4) is 0 Å². The van der Waals surface area contributed by atoms with Gasteiger partial charge in [-0.1, -0.05) is 6.42 Å². The Kier molecular flexibility index (Phi) is 8.66.